The number of ether oxygens (including phenoxy) is 6. The summed E-state index contributed by atoms with van der Waals surface area (Å²) in [5.74, 6) is -0.0941. The lowest BCUT2D eigenvalue weighted by Gasteiger charge is -2.13. The van der Waals surface area contributed by atoms with E-state index in [4.69, 9.17) is 44.5 Å². The summed E-state index contributed by atoms with van der Waals surface area (Å²) in [5, 5.41) is 0.991. The van der Waals surface area contributed by atoms with E-state index in [1.54, 1.807) is 18.2 Å². The molecule has 16 heteroatoms. The molecule has 0 saturated carbocycles. The van der Waals surface area contributed by atoms with Gasteiger partial charge >= 0.3 is 11.9 Å². The van der Waals surface area contributed by atoms with Crippen LogP contribution in [0, 0.1) is 12.3 Å². The Labute approximate surface area is 264 Å². The molecule has 0 radical (unpaired) electrons. The van der Waals surface area contributed by atoms with Crippen molar-refractivity contribution in [3.63, 3.8) is 0 Å². The average Bonchev–Trinajstić information content (AvgIpc) is 3.53. The van der Waals surface area contributed by atoms with E-state index in [2.05, 4.69) is 5.92 Å². The fraction of sp³-hybridized carbons (Fsp3) is 0.533. The molecule has 0 spiro atoms. The van der Waals surface area contributed by atoms with Gasteiger partial charge in [0, 0.05) is 37.3 Å². The second kappa shape index (κ2) is 19.7. The number of benzene rings is 1. The molecule has 0 N–H and O–H groups in total. The van der Waals surface area contributed by atoms with Crippen molar-refractivity contribution in [2.45, 2.75) is 38.5 Å². The van der Waals surface area contributed by atoms with Crippen LogP contribution in [0.5, 0.6) is 11.5 Å². The van der Waals surface area contributed by atoms with Gasteiger partial charge in [0.25, 0.3) is 23.6 Å². The van der Waals surface area contributed by atoms with Gasteiger partial charge in [0.1, 0.15) is 24.7 Å². The van der Waals surface area contributed by atoms with E-state index in [-0.39, 0.29) is 105 Å². The first-order valence-corrected chi connectivity index (χ1v) is 14.6. The van der Waals surface area contributed by atoms with Gasteiger partial charge in [0.05, 0.1) is 65.7 Å². The predicted octanol–water partition coefficient (Wildman–Crippen LogP) is 0.487. The van der Waals surface area contributed by atoms with Crippen LogP contribution in [0.3, 0.4) is 0 Å². The molecule has 4 amide bonds. The molecular weight excluding hydrogens is 612 g/mol. The Kier molecular flexibility index (Phi) is 15.4. The standard InChI is InChI=1S/C30H36N2O14/c1-2-22-19-23(43-17-15-41-13-11-39-9-7-29(37)45-31-25(33)3-4-26(31)34)21-24(20-22)44-18-16-42-14-12-40-10-8-30(38)46-32-27(35)5-6-28(32)36/h1,19-21H,3-18H2. The maximum atomic E-state index is 11.7. The topological polar surface area (TPSA) is 183 Å². The summed E-state index contributed by atoms with van der Waals surface area (Å²) < 4.78 is 32.9. The van der Waals surface area contributed by atoms with Gasteiger partial charge in [0.2, 0.25) is 0 Å². The lowest BCUT2D eigenvalue weighted by Crippen LogP contribution is -2.32. The number of rotatable bonds is 22. The highest BCUT2D eigenvalue weighted by Crippen LogP contribution is 2.23. The molecule has 0 unspecified atom stereocenters. The highest BCUT2D eigenvalue weighted by atomic mass is 16.7. The molecule has 2 aliphatic heterocycles. The molecule has 1 aromatic carbocycles. The van der Waals surface area contributed by atoms with Crippen LogP contribution in [-0.4, -0.2) is 112 Å². The molecule has 2 aliphatic rings. The van der Waals surface area contributed by atoms with Gasteiger partial charge in [-0.15, -0.1) is 16.5 Å². The molecule has 1 aromatic rings. The number of imide groups is 2. The third-order valence-electron chi connectivity index (χ3n) is 6.08. The largest absolute Gasteiger partial charge is 0.491 e. The Balaban J connectivity index is 1.17. The molecule has 3 rings (SSSR count). The molecule has 0 bridgehead atoms. The molecule has 2 heterocycles. The van der Waals surface area contributed by atoms with Crippen LogP contribution in [0.1, 0.15) is 44.1 Å². The van der Waals surface area contributed by atoms with Crippen LogP contribution in [-0.2, 0) is 57.4 Å². The average molecular weight is 649 g/mol. The first kappa shape index (κ1) is 35.9. The van der Waals surface area contributed by atoms with Crippen LogP contribution < -0.4 is 9.47 Å². The molecule has 2 saturated heterocycles. The van der Waals surface area contributed by atoms with Crippen molar-refractivity contribution in [1.29, 1.82) is 0 Å². The maximum absolute atomic E-state index is 11.7. The summed E-state index contributed by atoms with van der Waals surface area (Å²) in [7, 11) is 0. The van der Waals surface area contributed by atoms with E-state index in [0.29, 0.717) is 27.2 Å². The van der Waals surface area contributed by atoms with Crippen LogP contribution >= 0.6 is 0 Å². The van der Waals surface area contributed by atoms with Gasteiger partial charge < -0.3 is 38.1 Å². The summed E-state index contributed by atoms with van der Waals surface area (Å²) in [4.78, 5) is 78.7. The van der Waals surface area contributed by atoms with Gasteiger partial charge in [-0.3, -0.25) is 19.2 Å². The van der Waals surface area contributed by atoms with E-state index < -0.39 is 35.6 Å². The minimum absolute atomic E-state index is 0.0332. The smallest absolute Gasteiger partial charge is 0.335 e. The van der Waals surface area contributed by atoms with Crippen LogP contribution in [0.4, 0.5) is 0 Å². The second-order valence-electron chi connectivity index (χ2n) is 9.57. The number of nitrogens with zero attached hydrogens (tertiary/aromatic N) is 2. The van der Waals surface area contributed by atoms with Gasteiger partial charge in [-0.25, -0.2) is 9.59 Å². The van der Waals surface area contributed by atoms with Gasteiger partial charge in [0.15, 0.2) is 0 Å². The number of carbonyl (C=O) groups is 6. The Morgan fingerprint density at radius 2 is 0.913 bits per heavy atom. The third kappa shape index (κ3) is 12.8. The molecule has 0 aliphatic carbocycles. The van der Waals surface area contributed by atoms with Crippen LogP contribution in [0.15, 0.2) is 18.2 Å². The molecule has 0 atom stereocenters. The Morgan fingerprint density at radius 1 is 0.565 bits per heavy atom. The number of carbonyl (C=O) groups excluding carboxylic acids is 6. The SMILES string of the molecule is C#Cc1cc(OCCOCCOCCC(=O)ON2C(=O)CCC2=O)cc(OCCOCCOCCC(=O)ON2C(=O)CCC2=O)c1. The first-order chi connectivity index (χ1) is 22.3. The van der Waals surface area contributed by atoms with Crippen molar-refractivity contribution in [1.82, 2.24) is 10.1 Å². The number of hydroxylamine groups is 4. The number of hydrogen-bond donors (Lipinski definition) is 0. The Morgan fingerprint density at radius 3 is 1.28 bits per heavy atom. The van der Waals surface area contributed by atoms with E-state index >= 15 is 0 Å². The quantitative estimate of drug-likeness (QED) is 0.0962. The van der Waals surface area contributed by atoms with Crippen molar-refractivity contribution in [2.75, 3.05) is 66.1 Å². The minimum Gasteiger partial charge on any atom is -0.491 e. The maximum Gasteiger partial charge on any atom is 0.335 e. The molecule has 2 fully saturated rings. The summed E-state index contributed by atoms with van der Waals surface area (Å²) >= 11 is 0. The summed E-state index contributed by atoms with van der Waals surface area (Å²) in [6.07, 6.45) is 5.43. The lowest BCUT2D eigenvalue weighted by atomic mass is 10.2. The summed E-state index contributed by atoms with van der Waals surface area (Å²) in [6.45, 7) is 2.00. The lowest BCUT2D eigenvalue weighted by molar-refractivity contribution is -0.198. The van der Waals surface area contributed by atoms with E-state index in [1.165, 1.54) is 0 Å². The molecule has 16 nitrogen and oxygen atoms in total. The fourth-order valence-corrected chi connectivity index (χ4v) is 3.82. The van der Waals surface area contributed by atoms with Crippen LogP contribution in [0.25, 0.3) is 0 Å². The fourth-order valence-electron chi connectivity index (χ4n) is 3.82. The number of hydrogen-bond acceptors (Lipinski definition) is 14. The first-order valence-electron chi connectivity index (χ1n) is 14.6. The molecular formula is C30H36N2O14. The zero-order chi connectivity index (χ0) is 33.1. The highest BCUT2D eigenvalue weighted by Gasteiger charge is 2.33. The Bertz CT molecular complexity index is 1160. The molecule has 250 valence electrons. The molecule has 0 aromatic heterocycles. The van der Waals surface area contributed by atoms with Gasteiger partial charge in [-0.05, 0) is 12.1 Å². The van der Waals surface area contributed by atoms with E-state index in [1.807, 2.05) is 0 Å². The zero-order valence-corrected chi connectivity index (χ0v) is 25.2. The van der Waals surface area contributed by atoms with E-state index in [9.17, 15) is 28.8 Å². The Hall–Kier alpha value is -4.56. The second-order valence-corrected chi connectivity index (χ2v) is 9.57. The van der Waals surface area contributed by atoms with Crippen molar-refractivity contribution in [3.05, 3.63) is 23.8 Å². The molecule has 46 heavy (non-hydrogen) atoms. The highest BCUT2D eigenvalue weighted by molar-refractivity contribution is 6.02. The summed E-state index contributed by atoms with van der Waals surface area (Å²) in [6, 6.07) is 5.05. The van der Waals surface area contributed by atoms with Gasteiger partial charge in [-0.2, -0.15) is 0 Å². The normalized spacial score (nSPS) is 14.5. The van der Waals surface area contributed by atoms with Crippen LogP contribution in [0.2, 0.25) is 0 Å². The van der Waals surface area contributed by atoms with Crippen molar-refractivity contribution in [3.8, 4) is 23.8 Å². The van der Waals surface area contributed by atoms with Gasteiger partial charge in [-0.1, -0.05) is 5.92 Å². The third-order valence-corrected chi connectivity index (χ3v) is 6.08. The predicted molar refractivity (Wildman–Crippen MR) is 152 cm³/mol. The van der Waals surface area contributed by atoms with Crippen molar-refractivity contribution >= 4 is 35.6 Å². The minimum atomic E-state index is -0.735. The van der Waals surface area contributed by atoms with E-state index in [0.717, 1.165) is 0 Å². The zero-order valence-electron chi connectivity index (χ0n) is 25.2. The number of terminal acetylenes is 1. The van der Waals surface area contributed by atoms with Crippen molar-refractivity contribution < 1.29 is 66.9 Å². The number of amides is 4. The monoisotopic (exact) mass is 648 g/mol. The summed E-state index contributed by atoms with van der Waals surface area (Å²) in [5.41, 5.74) is 0.560. The van der Waals surface area contributed by atoms with Crippen molar-refractivity contribution in [2.24, 2.45) is 0 Å².